The van der Waals surface area contributed by atoms with Gasteiger partial charge in [0.1, 0.15) is 22.6 Å². The first-order valence-electron chi connectivity index (χ1n) is 10.3. The first kappa shape index (κ1) is 20.9. The highest BCUT2D eigenvalue weighted by molar-refractivity contribution is 9.10. The average molecular weight is 499 g/mol. The van der Waals surface area contributed by atoms with Crippen LogP contribution in [0.25, 0.3) is 34.1 Å². The number of anilines is 1. The van der Waals surface area contributed by atoms with E-state index in [0.29, 0.717) is 17.0 Å². The van der Waals surface area contributed by atoms with E-state index in [0.717, 1.165) is 27.0 Å². The Morgan fingerprint density at radius 1 is 0.939 bits per heavy atom. The van der Waals surface area contributed by atoms with Gasteiger partial charge in [-0.1, -0.05) is 45.8 Å². The van der Waals surface area contributed by atoms with Crippen LogP contribution in [0.1, 0.15) is 11.3 Å². The van der Waals surface area contributed by atoms with Gasteiger partial charge in [-0.3, -0.25) is 4.79 Å². The van der Waals surface area contributed by atoms with E-state index in [1.165, 1.54) is 11.6 Å². The largest absolute Gasteiger partial charge is 0.457 e. The van der Waals surface area contributed by atoms with E-state index < -0.39 is 0 Å². The minimum Gasteiger partial charge on any atom is -0.457 e. The highest BCUT2D eigenvalue weighted by atomic mass is 79.9. The quantitative estimate of drug-likeness (QED) is 0.284. The van der Waals surface area contributed by atoms with Crippen LogP contribution in [0.15, 0.2) is 93.8 Å². The summed E-state index contributed by atoms with van der Waals surface area (Å²) in [5.41, 5.74) is 5.11. The molecule has 0 aliphatic rings. The number of furan rings is 1. The fourth-order valence-corrected chi connectivity index (χ4v) is 3.60. The third-order valence-electron chi connectivity index (χ3n) is 5.07. The number of benzene rings is 3. The molecule has 0 atom stereocenters. The van der Waals surface area contributed by atoms with Crippen LogP contribution < -0.4 is 5.32 Å². The standard InChI is InChI=1S/C26H19BrN4O2/c1-17-2-9-21(10-3-17)31-29-23-13-8-20(16-24(23)30-31)28-26(32)15-12-22-11-14-25(33-22)18-4-6-19(27)7-5-18/h2-16H,1H3,(H,28,32)/b15-12+. The fraction of sp³-hybridized carbons (Fsp3) is 0.0385. The second-order valence-electron chi connectivity index (χ2n) is 7.56. The molecule has 0 unspecified atom stereocenters. The number of hydrogen-bond donors (Lipinski definition) is 1. The summed E-state index contributed by atoms with van der Waals surface area (Å²) in [5.74, 6) is 1.08. The molecule has 2 heterocycles. The molecule has 0 spiro atoms. The maximum Gasteiger partial charge on any atom is 0.248 e. The predicted octanol–water partition coefficient (Wildman–Crippen LogP) is 6.40. The molecule has 162 valence electrons. The molecule has 6 nitrogen and oxygen atoms in total. The van der Waals surface area contributed by atoms with E-state index >= 15 is 0 Å². The van der Waals surface area contributed by atoms with Crippen LogP contribution >= 0.6 is 15.9 Å². The van der Waals surface area contributed by atoms with Crippen molar-refractivity contribution >= 4 is 44.6 Å². The van der Waals surface area contributed by atoms with Gasteiger partial charge in [-0.25, -0.2) is 0 Å². The molecule has 5 rings (SSSR count). The van der Waals surface area contributed by atoms with Crippen molar-refractivity contribution in [3.05, 3.63) is 101 Å². The molecule has 7 heteroatoms. The van der Waals surface area contributed by atoms with Gasteiger partial charge in [-0.2, -0.15) is 4.80 Å². The number of aromatic nitrogens is 3. The average Bonchev–Trinajstić information content (AvgIpc) is 3.46. The third kappa shape index (κ3) is 4.78. The predicted molar refractivity (Wildman–Crippen MR) is 133 cm³/mol. The first-order valence-corrected chi connectivity index (χ1v) is 11.1. The molecule has 0 saturated carbocycles. The van der Waals surface area contributed by atoms with Gasteiger partial charge in [0.25, 0.3) is 0 Å². The van der Waals surface area contributed by atoms with Gasteiger partial charge in [-0.05, 0) is 67.6 Å². The summed E-state index contributed by atoms with van der Waals surface area (Å²) in [6, 6.07) is 25.0. The fourth-order valence-electron chi connectivity index (χ4n) is 3.34. The lowest BCUT2D eigenvalue weighted by atomic mass is 10.2. The van der Waals surface area contributed by atoms with Crippen molar-refractivity contribution in [1.82, 2.24) is 15.0 Å². The molecular formula is C26H19BrN4O2. The number of fused-ring (bicyclic) bond motifs is 1. The Hall–Kier alpha value is -3.97. The van der Waals surface area contributed by atoms with Crippen LogP contribution in [0.5, 0.6) is 0 Å². The SMILES string of the molecule is Cc1ccc(-n2nc3ccc(NC(=O)/C=C/c4ccc(-c5ccc(Br)cc5)o4)cc3n2)cc1. The molecule has 0 fully saturated rings. The summed E-state index contributed by atoms with van der Waals surface area (Å²) in [6.45, 7) is 2.04. The smallest absolute Gasteiger partial charge is 0.248 e. The Labute approximate surface area is 198 Å². The zero-order chi connectivity index (χ0) is 22.8. The molecule has 0 radical (unpaired) electrons. The number of amides is 1. The van der Waals surface area contributed by atoms with E-state index in [4.69, 9.17) is 4.42 Å². The van der Waals surface area contributed by atoms with Crippen LogP contribution in [0.3, 0.4) is 0 Å². The number of hydrogen-bond acceptors (Lipinski definition) is 4. The van der Waals surface area contributed by atoms with Crippen molar-refractivity contribution in [2.24, 2.45) is 0 Å². The summed E-state index contributed by atoms with van der Waals surface area (Å²) in [7, 11) is 0. The normalized spacial score (nSPS) is 11.3. The summed E-state index contributed by atoms with van der Waals surface area (Å²) < 4.78 is 6.82. The number of halogens is 1. The lowest BCUT2D eigenvalue weighted by molar-refractivity contribution is -0.111. The minimum atomic E-state index is -0.262. The van der Waals surface area contributed by atoms with Gasteiger partial charge in [-0.15, -0.1) is 10.2 Å². The summed E-state index contributed by atoms with van der Waals surface area (Å²) >= 11 is 3.42. The first-order chi connectivity index (χ1) is 16.0. The molecular weight excluding hydrogens is 480 g/mol. The molecule has 0 saturated heterocycles. The molecule has 0 aliphatic carbocycles. The van der Waals surface area contributed by atoms with Crippen molar-refractivity contribution in [3.8, 4) is 17.0 Å². The molecule has 0 aliphatic heterocycles. The third-order valence-corrected chi connectivity index (χ3v) is 5.60. The molecule has 1 amide bonds. The maximum absolute atomic E-state index is 12.4. The van der Waals surface area contributed by atoms with Gasteiger partial charge >= 0.3 is 0 Å². The number of nitrogens with one attached hydrogen (secondary N) is 1. The summed E-state index contributed by atoms with van der Waals surface area (Å²) in [5, 5.41) is 11.9. The van der Waals surface area contributed by atoms with Gasteiger partial charge < -0.3 is 9.73 Å². The lowest BCUT2D eigenvalue weighted by Gasteiger charge is -2.00. The monoisotopic (exact) mass is 498 g/mol. The topological polar surface area (TPSA) is 73.0 Å². The van der Waals surface area contributed by atoms with Crippen molar-refractivity contribution in [3.63, 3.8) is 0 Å². The Kier molecular flexibility index (Phi) is 5.62. The van der Waals surface area contributed by atoms with Gasteiger partial charge in [0.2, 0.25) is 5.91 Å². The van der Waals surface area contributed by atoms with E-state index in [2.05, 4.69) is 31.4 Å². The van der Waals surface area contributed by atoms with Crippen molar-refractivity contribution < 1.29 is 9.21 Å². The van der Waals surface area contributed by atoms with Gasteiger partial charge in [0.05, 0.1) is 5.69 Å². The summed E-state index contributed by atoms with van der Waals surface area (Å²) in [4.78, 5) is 14.0. The van der Waals surface area contributed by atoms with Gasteiger partial charge in [0.15, 0.2) is 0 Å². The highest BCUT2D eigenvalue weighted by Crippen LogP contribution is 2.24. The maximum atomic E-state index is 12.4. The Morgan fingerprint density at radius 2 is 1.70 bits per heavy atom. The highest BCUT2D eigenvalue weighted by Gasteiger charge is 2.08. The van der Waals surface area contributed by atoms with Crippen LogP contribution in [-0.4, -0.2) is 20.9 Å². The van der Waals surface area contributed by atoms with Crippen LogP contribution in [-0.2, 0) is 4.79 Å². The Morgan fingerprint density at radius 3 is 2.48 bits per heavy atom. The molecule has 33 heavy (non-hydrogen) atoms. The van der Waals surface area contributed by atoms with Gasteiger partial charge in [0, 0.05) is 21.8 Å². The Bertz CT molecular complexity index is 1460. The van der Waals surface area contributed by atoms with E-state index in [-0.39, 0.29) is 5.91 Å². The van der Waals surface area contributed by atoms with Crippen LogP contribution in [0.2, 0.25) is 0 Å². The second kappa shape index (κ2) is 8.88. The zero-order valence-corrected chi connectivity index (χ0v) is 19.3. The molecule has 0 bridgehead atoms. The molecule has 3 aromatic carbocycles. The number of carbonyl (C=O) groups is 1. The van der Waals surface area contributed by atoms with Crippen LogP contribution in [0, 0.1) is 6.92 Å². The second-order valence-corrected chi connectivity index (χ2v) is 8.48. The Balaban J connectivity index is 1.27. The van der Waals surface area contributed by atoms with Crippen LogP contribution in [0.4, 0.5) is 5.69 Å². The van der Waals surface area contributed by atoms with Crippen molar-refractivity contribution in [2.45, 2.75) is 6.92 Å². The zero-order valence-electron chi connectivity index (χ0n) is 17.7. The van der Waals surface area contributed by atoms with E-state index in [1.54, 1.807) is 23.0 Å². The van der Waals surface area contributed by atoms with E-state index in [1.807, 2.05) is 73.7 Å². The molecule has 1 N–H and O–H groups in total. The number of rotatable bonds is 5. The minimum absolute atomic E-state index is 0.262. The molecule has 5 aromatic rings. The number of nitrogens with zero attached hydrogens (tertiary/aromatic N) is 3. The lowest BCUT2D eigenvalue weighted by Crippen LogP contribution is -2.07. The number of aryl methyl sites for hydroxylation is 1. The van der Waals surface area contributed by atoms with Crippen molar-refractivity contribution in [1.29, 1.82) is 0 Å². The molecule has 2 aromatic heterocycles. The van der Waals surface area contributed by atoms with E-state index in [9.17, 15) is 4.79 Å². The number of carbonyl (C=O) groups excluding carboxylic acids is 1. The van der Waals surface area contributed by atoms with Crippen molar-refractivity contribution in [2.75, 3.05) is 5.32 Å². The summed E-state index contributed by atoms with van der Waals surface area (Å²) in [6.07, 6.45) is 3.08.